The van der Waals surface area contributed by atoms with Crippen molar-refractivity contribution in [2.24, 2.45) is 0 Å². The van der Waals surface area contributed by atoms with Gasteiger partial charge in [-0.3, -0.25) is 0 Å². The van der Waals surface area contributed by atoms with Gasteiger partial charge in [-0.15, -0.1) is 0 Å². The van der Waals surface area contributed by atoms with Gasteiger partial charge in [0.15, 0.2) is 0 Å². The number of rotatable bonds is 13. The fraction of sp³-hybridized carbons (Fsp3) is 0.440. The van der Waals surface area contributed by atoms with Gasteiger partial charge in [-0.1, -0.05) is 63.3 Å². The minimum absolute atomic E-state index is 0.129. The van der Waals surface area contributed by atoms with Crippen molar-refractivity contribution in [1.29, 1.82) is 5.26 Å². The van der Waals surface area contributed by atoms with Gasteiger partial charge in [-0.05, 0) is 48.2 Å². The second kappa shape index (κ2) is 13.4. The number of unbranched alkanes of at least 4 members (excludes halogenated alkanes) is 5. The molecule has 0 N–H and O–H groups in total. The van der Waals surface area contributed by atoms with E-state index >= 15 is 0 Å². The molecule has 2 rings (SSSR count). The highest BCUT2D eigenvalue weighted by molar-refractivity contribution is 5.89. The molecule has 0 amide bonds. The van der Waals surface area contributed by atoms with Gasteiger partial charge in [0.25, 0.3) is 0 Å². The van der Waals surface area contributed by atoms with Crippen molar-refractivity contribution in [2.45, 2.75) is 58.3 Å². The molecule has 0 atom stereocenters. The Morgan fingerprint density at radius 2 is 1.48 bits per heavy atom. The first kappa shape index (κ1) is 22.5. The first-order chi connectivity index (χ1) is 14.2. The van der Waals surface area contributed by atoms with E-state index in [0.717, 1.165) is 30.8 Å². The number of nitriles is 1. The lowest BCUT2D eigenvalue weighted by molar-refractivity contribution is 0.0513. The Morgan fingerprint density at radius 1 is 0.862 bits per heavy atom. The average Bonchev–Trinajstić information content (AvgIpc) is 2.75. The zero-order valence-corrected chi connectivity index (χ0v) is 17.4. The van der Waals surface area contributed by atoms with E-state index in [1.807, 2.05) is 30.3 Å². The normalized spacial score (nSPS) is 10.3. The summed E-state index contributed by atoms with van der Waals surface area (Å²) < 4.78 is 10.9. The number of nitrogens with zero attached hydrogens (tertiary/aromatic N) is 1. The van der Waals surface area contributed by atoms with Gasteiger partial charge < -0.3 is 9.47 Å². The standard InChI is InChI=1S/C25H31NO3/c1-2-3-4-5-6-7-18-28-24-15-11-22(12-16-24)20-21-9-13-23(14-10-21)25(27)29-19-8-17-26/h9-16H,2-8,18-20H2,1H3. The van der Waals surface area contributed by atoms with Crippen LogP contribution in [0.15, 0.2) is 48.5 Å². The fourth-order valence-corrected chi connectivity index (χ4v) is 3.04. The van der Waals surface area contributed by atoms with E-state index in [1.54, 1.807) is 12.1 Å². The van der Waals surface area contributed by atoms with Crippen LogP contribution in [0, 0.1) is 11.3 Å². The summed E-state index contributed by atoms with van der Waals surface area (Å²) in [7, 11) is 0. The largest absolute Gasteiger partial charge is 0.494 e. The molecule has 0 unspecified atom stereocenters. The van der Waals surface area contributed by atoms with Crippen LogP contribution in [0.2, 0.25) is 0 Å². The molecule has 29 heavy (non-hydrogen) atoms. The molecule has 0 radical (unpaired) electrons. The van der Waals surface area contributed by atoms with E-state index < -0.39 is 5.97 Å². The molecule has 0 aromatic heterocycles. The molecule has 4 heteroatoms. The van der Waals surface area contributed by atoms with Crippen molar-refractivity contribution in [1.82, 2.24) is 0 Å². The summed E-state index contributed by atoms with van der Waals surface area (Å²) in [6.07, 6.45) is 8.59. The molecule has 0 aliphatic carbocycles. The summed E-state index contributed by atoms with van der Waals surface area (Å²) in [6.45, 7) is 3.14. The highest BCUT2D eigenvalue weighted by Gasteiger charge is 2.07. The second-order valence-corrected chi connectivity index (χ2v) is 7.18. The molecule has 0 bridgehead atoms. The molecule has 0 spiro atoms. The Kier molecular flexibility index (Phi) is 10.4. The minimum Gasteiger partial charge on any atom is -0.494 e. The smallest absolute Gasteiger partial charge is 0.338 e. The van der Waals surface area contributed by atoms with Crippen molar-refractivity contribution in [3.8, 4) is 11.8 Å². The molecule has 0 saturated carbocycles. The monoisotopic (exact) mass is 393 g/mol. The van der Waals surface area contributed by atoms with Gasteiger partial charge in [-0.25, -0.2) is 4.79 Å². The van der Waals surface area contributed by atoms with E-state index in [1.165, 1.54) is 37.7 Å². The zero-order chi connectivity index (χ0) is 20.7. The molecule has 0 fully saturated rings. The van der Waals surface area contributed by atoms with E-state index in [4.69, 9.17) is 14.7 Å². The molecule has 0 saturated heterocycles. The summed E-state index contributed by atoms with van der Waals surface area (Å²) in [5.74, 6) is 0.524. The molecule has 2 aromatic carbocycles. The molecule has 0 heterocycles. The third kappa shape index (κ3) is 8.83. The third-order valence-electron chi connectivity index (χ3n) is 4.73. The number of hydrogen-bond acceptors (Lipinski definition) is 4. The average molecular weight is 394 g/mol. The number of esters is 1. The molecule has 0 aliphatic rings. The number of hydrogen-bond donors (Lipinski definition) is 0. The Balaban J connectivity index is 1.73. The lowest BCUT2D eigenvalue weighted by Gasteiger charge is -2.08. The summed E-state index contributed by atoms with van der Waals surface area (Å²) in [6, 6.07) is 17.6. The van der Waals surface area contributed by atoms with Crippen LogP contribution >= 0.6 is 0 Å². The predicted octanol–water partition coefficient (Wildman–Crippen LogP) is 6.09. The highest BCUT2D eigenvalue weighted by atomic mass is 16.5. The van der Waals surface area contributed by atoms with E-state index in [2.05, 4.69) is 19.1 Å². The van der Waals surface area contributed by atoms with Gasteiger partial charge >= 0.3 is 5.97 Å². The SMILES string of the molecule is CCCCCCCCOc1ccc(Cc2ccc(C(=O)OCCC#N)cc2)cc1. The van der Waals surface area contributed by atoms with Crippen molar-refractivity contribution < 1.29 is 14.3 Å². The van der Waals surface area contributed by atoms with Crippen molar-refractivity contribution in [3.63, 3.8) is 0 Å². The van der Waals surface area contributed by atoms with Crippen LogP contribution in [0.1, 0.15) is 73.4 Å². The van der Waals surface area contributed by atoms with Gasteiger partial charge in [0, 0.05) is 0 Å². The topological polar surface area (TPSA) is 59.3 Å². The maximum atomic E-state index is 11.9. The second-order valence-electron chi connectivity index (χ2n) is 7.18. The van der Waals surface area contributed by atoms with Gasteiger partial charge in [0.1, 0.15) is 12.4 Å². The fourth-order valence-electron chi connectivity index (χ4n) is 3.04. The van der Waals surface area contributed by atoms with Crippen LogP contribution in [0.3, 0.4) is 0 Å². The first-order valence-corrected chi connectivity index (χ1v) is 10.6. The molecule has 0 aliphatic heterocycles. The molecular weight excluding hydrogens is 362 g/mol. The third-order valence-corrected chi connectivity index (χ3v) is 4.73. The van der Waals surface area contributed by atoms with Crippen LogP contribution < -0.4 is 4.74 Å². The molecule has 2 aromatic rings. The number of carbonyl (C=O) groups is 1. The number of ether oxygens (including phenoxy) is 2. The number of carbonyl (C=O) groups excluding carboxylic acids is 1. The van der Waals surface area contributed by atoms with Crippen molar-refractivity contribution >= 4 is 5.97 Å². The summed E-state index contributed by atoms with van der Waals surface area (Å²) >= 11 is 0. The lowest BCUT2D eigenvalue weighted by atomic mass is 10.0. The van der Waals surface area contributed by atoms with Crippen molar-refractivity contribution in [2.75, 3.05) is 13.2 Å². The Hall–Kier alpha value is -2.80. The predicted molar refractivity (Wildman–Crippen MR) is 115 cm³/mol. The molecule has 154 valence electrons. The summed E-state index contributed by atoms with van der Waals surface area (Å²) in [5.41, 5.74) is 2.82. The zero-order valence-electron chi connectivity index (χ0n) is 17.4. The van der Waals surface area contributed by atoms with Gasteiger partial charge in [-0.2, -0.15) is 5.26 Å². The van der Waals surface area contributed by atoms with Crippen LogP contribution in [0.4, 0.5) is 0 Å². The van der Waals surface area contributed by atoms with Crippen LogP contribution in [-0.4, -0.2) is 19.2 Å². The Bertz CT molecular complexity index is 760. The van der Waals surface area contributed by atoms with Gasteiger partial charge in [0.05, 0.1) is 24.7 Å². The van der Waals surface area contributed by atoms with E-state index in [9.17, 15) is 4.79 Å². The first-order valence-electron chi connectivity index (χ1n) is 10.6. The lowest BCUT2D eigenvalue weighted by Crippen LogP contribution is -2.06. The van der Waals surface area contributed by atoms with Crippen molar-refractivity contribution in [3.05, 3.63) is 65.2 Å². The van der Waals surface area contributed by atoms with Crippen LogP contribution in [0.25, 0.3) is 0 Å². The maximum Gasteiger partial charge on any atom is 0.338 e. The Morgan fingerprint density at radius 3 is 2.14 bits per heavy atom. The van der Waals surface area contributed by atoms with E-state index in [-0.39, 0.29) is 13.0 Å². The highest BCUT2D eigenvalue weighted by Crippen LogP contribution is 2.17. The van der Waals surface area contributed by atoms with Gasteiger partial charge in [0.2, 0.25) is 0 Å². The number of benzene rings is 2. The quantitative estimate of drug-likeness (QED) is 0.305. The van der Waals surface area contributed by atoms with E-state index in [0.29, 0.717) is 5.56 Å². The minimum atomic E-state index is -0.390. The summed E-state index contributed by atoms with van der Waals surface area (Å²) in [5, 5.41) is 8.48. The molecule has 4 nitrogen and oxygen atoms in total. The van der Waals surface area contributed by atoms with Crippen LogP contribution in [-0.2, 0) is 11.2 Å². The maximum absolute atomic E-state index is 11.9. The summed E-state index contributed by atoms with van der Waals surface area (Å²) in [4.78, 5) is 11.9. The van der Waals surface area contributed by atoms with Crippen LogP contribution in [0.5, 0.6) is 5.75 Å². The molecular formula is C25H31NO3. The Labute approximate surface area is 174 Å².